The number of hydrogen-bond acceptors (Lipinski definition) is 5. The van der Waals surface area contributed by atoms with Gasteiger partial charge in [0, 0.05) is 20.8 Å². The molecule has 1 aromatic rings. The number of methoxy groups -OCH3 is 2. The number of halogens is 1. The fourth-order valence-corrected chi connectivity index (χ4v) is 2.44. The van der Waals surface area contributed by atoms with Gasteiger partial charge in [-0.3, -0.25) is 5.32 Å². The van der Waals surface area contributed by atoms with Crippen molar-refractivity contribution in [2.75, 3.05) is 31.4 Å². The van der Waals surface area contributed by atoms with Crippen LogP contribution in [0.5, 0.6) is 0 Å². The molecule has 3 N–H and O–H groups in total. The smallest absolute Gasteiger partial charge is 0.169 e. The quantitative estimate of drug-likeness (QED) is 0.442. The first-order valence-electron chi connectivity index (χ1n) is 6.62. The highest BCUT2D eigenvalue weighted by molar-refractivity contribution is 6.22. The molecule has 0 radical (unpaired) electrons. The predicted octanol–water partition coefficient (Wildman–Crippen LogP) is 2.24. The molecular weight excluding hydrogens is 278 g/mol. The number of benzene rings is 1. The molecule has 20 heavy (non-hydrogen) atoms. The minimum atomic E-state index is -0.290. The van der Waals surface area contributed by atoms with Crippen molar-refractivity contribution >= 4 is 23.0 Å². The van der Waals surface area contributed by atoms with E-state index in [-0.39, 0.29) is 18.0 Å². The summed E-state index contributed by atoms with van der Waals surface area (Å²) in [5.41, 5.74) is 4.32. The molecule has 0 fully saturated rings. The van der Waals surface area contributed by atoms with Crippen molar-refractivity contribution < 1.29 is 9.47 Å². The summed E-state index contributed by atoms with van der Waals surface area (Å²) in [6.07, 6.45) is -0.388. The maximum absolute atomic E-state index is 6.35. The van der Waals surface area contributed by atoms with Crippen molar-refractivity contribution in [2.45, 2.75) is 31.8 Å². The Bertz CT molecular complexity index is 466. The molecule has 1 heterocycles. The molecular formula is C14H22ClN3O2. The topological polar surface area (TPSA) is 54.5 Å². The highest BCUT2D eigenvalue weighted by Crippen LogP contribution is 2.31. The summed E-state index contributed by atoms with van der Waals surface area (Å²) in [7, 11) is 3.23. The van der Waals surface area contributed by atoms with E-state index in [0.717, 1.165) is 11.4 Å². The normalized spacial score (nSPS) is 21.3. The Kier molecular flexibility index (Phi) is 5.10. The molecule has 0 saturated carbocycles. The number of hydrogen-bond donors (Lipinski definition) is 3. The van der Waals surface area contributed by atoms with Crippen LogP contribution in [-0.4, -0.2) is 38.7 Å². The molecule has 112 valence electrons. The van der Waals surface area contributed by atoms with Crippen LogP contribution in [0.2, 0.25) is 0 Å². The van der Waals surface area contributed by atoms with Gasteiger partial charge in [-0.25, -0.2) is 0 Å². The van der Waals surface area contributed by atoms with Gasteiger partial charge in [0.25, 0.3) is 0 Å². The Hall–Kier alpha value is -1.01. The van der Waals surface area contributed by atoms with Gasteiger partial charge in [-0.05, 0) is 37.1 Å². The maximum atomic E-state index is 6.35. The summed E-state index contributed by atoms with van der Waals surface area (Å²) in [6.45, 7) is 4.74. The van der Waals surface area contributed by atoms with Gasteiger partial charge in [-0.15, -0.1) is 0 Å². The van der Waals surface area contributed by atoms with Gasteiger partial charge in [-0.2, -0.15) is 0 Å². The van der Waals surface area contributed by atoms with E-state index in [0.29, 0.717) is 6.54 Å². The van der Waals surface area contributed by atoms with Crippen molar-refractivity contribution in [3.05, 3.63) is 23.3 Å². The highest BCUT2D eigenvalue weighted by atomic mass is 35.5. The maximum Gasteiger partial charge on any atom is 0.169 e. The van der Waals surface area contributed by atoms with Gasteiger partial charge in [0.15, 0.2) is 6.29 Å². The molecule has 2 atom stereocenters. The average Bonchev–Trinajstić information content (AvgIpc) is 2.42. The second kappa shape index (κ2) is 6.63. The lowest BCUT2D eigenvalue weighted by molar-refractivity contribution is -0.0995. The molecule has 0 spiro atoms. The average molecular weight is 300 g/mol. The van der Waals surface area contributed by atoms with Crippen LogP contribution in [0.3, 0.4) is 0 Å². The van der Waals surface area contributed by atoms with Gasteiger partial charge in [0.1, 0.15) is 11.7 Å². The van der Waals surface area contributed by atoms with E-state index < -0.39 is 0 Å². The number of aryl methyl sites for hydroxylation is 2. The third kappa shape index (κ3) is 3.35. The van der Waals surface area contributed by atoms with Crippen molar-refractivity contribution in [1.29, 1.82) is 0 Å². The van der Waals surface area contributed by atoms with Crippen LogP contribution >= 0.6 is 11.6 Å². The molecule has 0 saturated heterocycles. The van der Waals surface area contributed by atoms with E-state index in [9.17, 15) is 0 Å². The first-order chi connectivity index (χ1) is 9.55. The van der Waals surface area contributed by atoms with E-state index in [1.54, 1.807) is 14.2 Å². The highest BCUT2D eigenvalue weighted by Gasteiger charge is 2.26. The Balaban J connectivity index is 2.05. The number of fused-ring (bicyclic) bond motifs is 1. The van der Waals surface area contributed by atoms with Gasteiger partial charge in [-0.1, -0.05) is 11.6 Å². The first-order valence-corrected chi connectivity index (χ1v) is 7.06. The largest absolute Gasteiger partial charge is 0.365 e. The molecule has 5 nitrogen and oxygen atoms in total. The standard InChI is InChI=1S/C14H22ClN3O2/c1-8-5-10-11(6-9(8)2)18-14(13(15)17-10)16-7-12(19-3)20-4/h5-6,12-14,16-18H,7H2,1-4H3. The molecule has 0 bridgehead atoms. The molecule has 2 unspecified atom stereocenters. The molecule has 0 aromatic heterocycles. The molecule has 1 aromatic carbocycles. The zero-order valence-corrected chi connectivity index (χ0v) is 13.0. The van der Waals surface area contributed by atoms with Gasteiger partial charge >= 0.3 is 0 Å². The van der Waals surface area contributed by atoms with Crippen molar-refractivity contribution in [1.82, 2.24) is 5.32 Å². The minimum absolute atomic E-state index is 0.0981. The third-order valence-electron chi connectivity index (χ3n) is 3.56. The molecule has 0 amide bonds. The van der Waals surface area contributed by atoms with Crippen molar-refractivity contribution in [2.24, 2.45) is 0 Å². The molecule has 0 aliphatic carbocycles. The van der Waals surface area contributed by atoms with Gasteiger partial charge in [0.05, 0.1) is 11.4 Å². The molecule has 1 aliphatic heterocycles. The number of alkyl halides is 1. The summed E-state index contributed by atoms with van der Waals surface area (Å²) in [6, 6.07) is 4.23. The summed E-state index contributed by atoms with van der Waals surface area (Å²) in [5.74, 6) is 0. The first kappa shape index (κ1) is 15.4. The van der Waals surface area contributed by atoms with E-state index in [1.165, 1.54) is 11.1 Å². The summed E-state index contributed by atoms with van der Waals surface area (Å²) < 4.78 is 10.3. The SMILES string of the molecule is COC(CNC1Nc2cc(C)c(C)cc2NC1Cl)OC. The van der Waals surface area contributed by atoms with E-state index in [2.05, 4.69) is 41.9 Å². The zero-order valence-electron chi connectivity index (χ0n) is 12.3. The summed E-state index contributed by atoms with van der Waals surface area (Å²) >= 11 is 6.35. The summed E-state index contributed by atoms with van der Waals surface area (Å²) in [5, 5.41) is 9.99. The van der Waals surface area contributed by atoms with Crippen LogP contribution < -0.4 is 16.0 Å². The van der Waals surface area contributed by atoms with Crippen LogP contribution in [0.15, 0.2) is 12.1 Å². The second-order valence-corrected chi connectivity index (χ2v) is 5.43. The Morgan fingerprint density at radius 1 is 1.15 bits per heavy atom. The van der Waals surface area contributed by atoms with Crippen LogP contribution in [-0.2, 0) is 9.47 Å². The fourth-order valence-electron chi connectivity index (χ4n) is 2.17. The fraction of sp³-hybridized carbons (Fsp3) is 0.571. The van der Waals surface area contributed by atoms with E-state index >= 15 is 0 Å². The van der Waals surface area contributed by atoms with Crippen molar-refractivity contribution in [3.8, 4) is 0 Å². The Morgan fingerprint density at radius 3 is 2.25 bits per heavy atom. The minimum Gasteiger partial charge on any atom is -0.365 e. The molecule has 1 aliphatic rings. The number of nitrogens with one attached hydrogen (secondary N) is 3. The summed E-state index contributed by atoms with van der Waals surface area (Å²) in [4.78, 5) is 0. The zero-order chi connectivity index (χ0) is 14.7. The predicted molar refractivity (Wildman–Crippen MR) is 82.4 cm³/mol. The third-order valence-corrected chi connectivity index (χ3v) is 3.92. The van der Waals surface area contributed by atoms with Crippen LogP contribution in [0.4, 0.5) is 11.4 Å². The number of ether oxygens (including phenoxy) is 2. The van der Waals surface area contributed by atoms with E-state index in [1.807, 2.05) is 0 Å². The number of anilines is 2. The Labute approximate surface area is 125 Å². The second-order valence-electron chi connectivity index (χ2n) is 4.96. The van der Waals surface area contributed by atoms with E-state index in [4.69, 9.17) is 21.1 Å². The van der Waals surface area contributed by atoms with Crippen LogP contribution in [0, 0.1) is 13.8 Å². The molecule has 2 rings (SSSR count). The van der Waals surface area contributed by atoms with Crippen molar-refractivity contribution in [3.63, 3.8) is 0 Å². The monoisotopic (exact) mass is 299 g/mol. The Morgan fingerprint density at radius 2 is 1.70 bits per heavy atom. The van der Waals surface area contributed by atoms with Gasteiger partial charge < -0.3 is 20.1 Å². The van der Waals surface area contributed by atoms with Crippen LogP contribution in [0.25, 0.3) is 0 Å². The molecule has 6 heteroatoms. The lowest BCUT2D eigenvalue weighted by Crippen LogP contribution is -2.51. The van der Waals surface area contributed by atoms with Gasteiger partial charge in [0.2, 0.25) is 0 Å². The van der Waals surface area contributed by atoms with Crippen LogP contribution in [0.1, 0.15) is 11.1 Å². The number of rotatable bonds is 5. The lowest BCUT2D eigenvalue weighted by atomic mass is 10.1. The lowest BCUT2D eigenvalue weighted by Gasteiger charge is -2.34.